The van der Waals surface area contributed by atoms with Crippen LogP contribution in [-0.4, -0.2) is 18.6 Å². The van der Waals surface area contributed by atoms with E-state index in [4.69, 9.17) is 21.6 Å². The molecule has 1 unspecified atom stereocenters. The molecule has 1 fully saturated rings. The van der Waals surface area contributed by atoms with Crippen molar-refractivity contribution in [1.29, 1.82) is 5.26 Å². The summed E-state index contributed by atoms with van der Waals surface area (Å²) in [6, 6.07) is 2.08. The molecule has 0 aromatic heterocycles. The summed E-state index contributed by atoms with van der Waals surface area (Å²) in [5.74, 6) is 0.360. The lowest BCUT2D eigenvalue weighted by atomic mass is 10.1. The third kappa shape index (κ3) is 1.42. The van der Waals surface area contributed by atoms with Crippen LogP contribution in [0.1, 0.15) is 12.8 Å². The van der Waals surface area contributed by atoms with Gasteiger partial charge in [0.1, 0.15) is 0 Å². The topological polar surface area (TPSA) is 33.0 Å². The van der Waals surface area contributed by atoms with Gasteiger partial charge in [-0.05, 0) is 18.8 Å². The van der Waals surface area contributed by atoms with Crippen molar-refractivity contribution < 1.29 is 4.74 Å². The second kappa shape index (κ2) is 2.77. The predicted octanol–water partition coefficient (Wildman–Crippen LogP) is 1.54. The van der Waals surface area contributed by atoms with Crippen LogP contribution < -0.4 is 0 Å². The lowest BCUT2D eigenvalue weighted by molar-refractivity contribution is 0.174. The summed E-state index contributed by atoms with van der Waals surface area (Å²) in [5.41, 5.74) is 0. The van der Waals surface area contributed by atoms with E-state index in [2.05, 4.69) is 6.07 Å². The molecule has 10 heavy (non-hydrogen) atoms. The second-order valence-corrected chi connectivity index (χ2v) is 3.36. The fourth-order valence-electron chi connectivity index (χ4n) is 0.992. The summed E-state index contributed by atoms with van der Waals surface area (Å²) in [6.45, 7) is 0.343. The Balaban J connectivity index is 2.50. The van der Waals surface area contributed by atoms with Crippen LogP contribution in [0.2, 0.25) is 0 Å². The van der Waals surface area contributed by atoms with Gasteiger partial charge in [0, 0.05) is 7.11 Å². The molecular weight excluding hydrogens is 150 g/mol. The summed E-state index contributed by atoms with van der Waals surface area (Å²) in [6.07, 6.45) is 2.14. The Morgan fingerprint density at radius 2 is 2.40 bits per heavy atom. The molecule has 3 heteroatoms. The molecule has 1 rings (SSSR count). The molecule has 0 aromatic carbocycles. The van der Waals surface area contributed by atoms with E-state index in [1.165, 1.54) is 0 Å². The average Bonchev–Trinajstić information content (AvgIpc) is 2.69. The number of hydrogen-bond acceptors (Lipinski definition) is 2. The van der Waals surface area contributed by atoms with Gasteiger partial charge in [-0.2, -0.15) is 5.26 Å². The molecule has 0 spiro atoms. The summed E-state index contributed by atoms with van der Waals surface area (Å²) in [7, 11) is 1.57. The first-order valence-electron chi connectivity index (χ1n) is 3.32. The molecule has 0 radical (unpaired) electrons. The first kappa shape index (κ1) is 7.84. The summed E-state index contributed by atoms with van der Waals surface area (Å²) >= 11 is 5.94. The molecule has 56 valence electrons. The number of methoxy groups -OCH3 is 1. The summed E-state index contributed by atoms with van der Waals surface area (Å²) in [5, 5.41) is 8.66. The van der Waals surface area contributed by atoms with Crippen molar-refractivity contribution in [3.8, 4) is 6.07 Å². The number of rotatable bonds is 3. The van der Waals surface area contributed by atoms with Crippen molar-refractivity contribution >= 4 is 11.6 Å². The lowest BCUT2D eigenvalue weighted by Gasteiger charge is -2.15. The van der Waals surface area contributed by atoms with Gasteiger partial charge in [-0.1, -0.05) is 11.6 Å². The molecule has 1 aliphatic carbocycles. The van der Waals surface area contributed by atoms with Gasteiger partial charge in [0.15, 0.2) is 4.87 Å². The van der Waals surface area contributed by atoms with Crippen LogP contribution in [0.25, 0.3) is 0 Å². The fourth-order valence-corrected chi connectivity index (χ4v) is 1.32. The van der Waals surface area contributed by atoms with Gasteiger partial charge < -0.3 is 4.74 Å². The number of alkyl halides is 1. The number of ether oxygens (including phenoxy) is 1. The van der Waals surface area contributed by atoms with Crippen LogP contribution in [-0.2, 0) is 4.74 Å². The van der Waals surface area contributed by atoms with E-state index in [-0.39, 0.29) is 0 Å². The van der Waals surface area contributed by atoms with Crippen molar-refractivity contribution in [3.63, 3.8) is 0 Å². The van der Waals surface area contributed by atoms with Crippen LogP contribution in [0, 0.1) is 17.2 Å². The molecule has 2 nitrogen and oxygen atoms in total. The molecule has 0 amide bonds. The van der Waals surface area contributed by atoms with Gasteiger partial charge in [-0.25, -0.2) is 0 Å². The Morgan fingerprint density at radius 1 is 1.80 bits per heavy atom. The monoisotopic (exact) mass is 159 g/mol. The predicted molar refractivity (Wildman–Crippen MR) is 38.8 cm³/mol. The van der Waals surface area contributed by atoms with Gasteiger partial charge in [0.05, 0.1) is 12.7 Å². The highest BCUT2D eigenvalue weighted by molar-refractivity contribution is 6.26. The van der Waals surface area contributed by atoms with E-state index in [1.807, 2.05) is 0 Å². The van der Waals surface area contributed by atoms with E-state index in [0.29, 0.717) is 12.5 Å². The molecule has 0 bridgehead atoms. The minimum Gasteiger partial charge on any atom is -0.382 e. The molecule has 1 saturated carbocycles. The highest BCUT2D eigenvalue weighted by Crippen LogP contribution is 2.43. The summed E-state index contributed by atoms with van der Waals surface area (Å²) < 4.78 is 4.84. The van der Waals surface area contributed by atoms with Gasteiger partial charge in [-0.3, -0.25) is 0 Å². The van der Waals surface area contributed by atoms with E-state index in [1.54, 1.807) is 7.11 Å². The molecular formula is C7H10ClNO. The minimum absolute atomic E-state index is 0.343. The number of halogens is 1. The van der Waals surface area contributed by atoms with Crippen LogP contribution >= 0.6 is 11.6 Å². The zero-order valence-electron chi connectivity index (χ0n) is 5.93. The van der Waals surface area contributed by atoms with E-state index in [9.17, 15) is 0 Å². The van der Waals surface area contributed by atoms with Gasteiger partial charge in [-0.15, -0.1) is 0 Å². The average molecular weight is 160 g/mol. The van der Waals surface area contributed by atoms with Crippen molar-refractivity contribution in [2.45, 2.75) is 17.7 Å². The lowest BCUT2D eigenvalue weighted by Crippen LogP contribution is -2.27. The first-order valence-corrected chi connectivity index (χ1v) is 3.70. The minimum atomic E-state index is -0.741. The van der Waals surface area contributed by atoms with E-state index < -0.39 is 4.87 Å². The van der Waals surface area contributed by atoms with Crippen molar-refractivity contribution in [2.75, 3.05) is 13.7 Å². The Kier molecular flexibility index (Phi) is 2.18. The van der Waals surface area contributed by atoms with Crippen molar-refractivity contribution in [3.05, 3.63) is 0 Å². The van der Waals surface area contributed by atoms with Crippen molar-refractivity contribution in [2.24, 2.45) is 5.92 Å². The molecule has 0 heterocycles. The van der Waals surface area contributed by atoms with E-state index in [0.717, 1.165) is 12.8 Å². The smallest absolute Gasteiger partial charge is 0.156 e. The van der Waals surface area contributed by atoms with Gasteiger partial charge in [0.2, 0.25) is 0 Å². The third-order valence-electron chi connectivity index (χ3n) is 1.76. The normalized spacial score (nSPS) is 23.3. The van der Waals surface area contributed by atoms with Crippen LogP contribution in [0.5, 0.6) is 0 Å². The number of hydrogen-bond donors (Lipinski definition) is 0. The highest BCUT2D eigenvalue weighted by atomic mass is 35.5. The van der Waals surface area contributed by atoms with Gasteiger partial charge in [0.25, 0.3) is 0 Å². The SMILES string of the molecule is COCC(Cl)(C#N)C1CC1. The zero-order chi connectivity index (χ0) is 7.61. The highest BCUT2D eigenvalue weighted by Gasteiger charge is 2.44. The van der Waals surface area contributed by atoms with Gasteiger partial charge >= 0.3 is 0 Å². The first-order chi connectivity index (χ1) is 4.73. The third-order valence-corrected chi connectivity index (χ3v) is 2.27. The maximum Gasteiger partial charge on any atom is 0.156 e. The molecule has 0 N–H and O–H groups in total. The van der Waals surface area contributed by atoms with Crippen LogP contribution in [0.15, 0.2) is 0 Å². The number of nitriles is 1. The van der Waals surface area contributed by atoms with Crippen LogP contribution in [0.3, 0.4) is 0 Å². The zero-order valence-corrected chi connectivity index (χ0v) is 6.69. The Labute approximate surface area is 65.7 Å². The molecule has 1 aliphatic rings. The number of nitrogens with zero attached hydrogens (tertiary/aromatic N) is 1. The summed E-state index contributed by atoms with van der Waals surface area (Å²) in [4.78, 5) is -0.741. The quantitative estimate of drug-likeness (QED) is 0.586. The second-order valence-electron chi connectivity index (χ2n) is 2.68. The van der Waals surface area contributed by atoms with Crippen LogP contribution in [0.4, 0.5) is 0 Å². The molecule has 1 atom stereocenters. The molecule has 0 aromatic rings. The van der Waals surface area contributed by atoms with Crippen molar-refractivity contribution in [1.82, 2.24) is 0 Å². The Hall–Kier alpha value is -0.260. The fraction of sp³-hybridized carbons (Fsp3) is 0.857. The maximum absolute atomic E-state index is 8.66. The van der Waals surface area contributed by atoms with E-state index >= 15 is 0 Å². The molecule has 0 saturated heterocycles. The maximum atomic E-state index is 8.66. The Morgan fingerprint density at radius 3 is 2.70 bits per heavy atom. The Bertz CT molecular complexity index is 161. The molecule has 0 aliphatic heterocycles. The largest absolute Gasteiger partial charge is 0.382 e. The standard InChI is InChI=1S/C7H10ClNO/c1-10-5-7(8,4-9)6-2-3-6/h6H,2-3,5H2,1H3.